The van der Waals surface area contributed by atoms with Gasteiger partial charge < -0.3 is 23.7 Å². The molecule has 13 aromatic rings. The standard InChI is InChI=1S/C30H28NO.C26H30NO.C25H26NO.C21H26NO.C17H18NO/c1-22-18-24-20-31(28-17-11-10-12-23(28)2)21-32-29(24)27(19-22)30(3,25-13-6-4-7-14-25)26-15-8-5-9-16-26;1-17-7-8-23(26-12-19-9-20(13-26)11-21(10-19)14-26)25-22(17)15-27(16-28-25)24-6-4-3-5-18(24)2;1-18-14-15-22(25(3,4)20-11-6-5-7-12-20)24-21(18)16-26(17-27-24)23-13-9-8-10-19(23)2;1-6-21(4,5)18-12-15(2)11-17-13-22(14-23-20(17)18)19-10-8-7-9-16(19)3;1-12-8-14(3)17-15(9-12)10-18(11-19-17)16-7-5-4-6-13(16)2/h4-20H,21H2,1-3H3;3-8,15,19-21H,9-14,16H2,1-2H3;5-16H,17H2,1-4H3;7-13H,6,14H2,1-5H3;4-10H,11H2,1-3H3/q5*+1. The fourth-order valence-electron chi connectivity index (χ4n) is 21.7. The van der Waals surface area contributed by atoms with E-state index >= 15 is 0 Å². The van der Waals surface area contributed by atoms with Crippen LogP contribution in [0.25, 0.3) is 0 Å². The summed E-state index contributed by atoms with van der Waals surface area (Å²) < 4.78 is 42.6. The lowest BCUT2D eigenvalue weighted by Crippen LogP contribution is -2.48. The highest BCUT2D eigenvalue weighted by atomic mass is 16.5. The van der Waals surface area contributed by atoms with Crippen LogP contribution in [0.4, 0.5) is 28.4 Å². The van der Waals surface area contributed by atoms with E-state index in [0.717, 1.165) is 58.3 Å². The Labute approximate surface area is 766 Å². The van der Waals surface area contributed by atoms with Gasteiger partial charge in [0.2, 0.25) is 28.4 Å². The second kappa shape index (κ2) is 37.1. The summed E-state index contributed by atoms with van der Waals surface area (Å²) >= 11 is 0. The zero-order chi connectivity index (χ0) is 90.0. The fourth-order valence-corrected chi connectivity index (χ4v) is 21.7. The van der Waals surface area contributed by atoms with Gasteiger partial charge in [-0.1, -0.05) is 259 Å². The van der Waals surface area contributed by atoms with Crippen LogP contribution < -0.4 is 23.7 Å². The summed E-state index contributed by atoms with van der Waals surface area (Å²) in [5, 5.41) is 0. The molecule has 0 N–H and O–H groups in total. The Morgan fingerprint density at radius 2 is 0.605 bits per heavy atom. The normalized spacial score (nSPS) is 17.7. The third kappa shape index (κ3) is 18.2. The summed E-state index contributed by atoms with van der Waals surface area (Å²) in [6, 6.07) is 96.9. The summed E-state index contributed by atoms with van der Waals surface area (Å²) in [7, 11) is 0. The Balaban J connectivity index is 0.000000114. The summed E-state index contributed by atoms with van der Waals surface area (Å²) in [6.07, 6.45) is 20.9. The fraction of sp³-hybridized carbons (Fsp3) is 0.303. The molecule has 10 nitrogen and oxygen atoms in total. The van der Waals surface area contributed by atoms with Gasteiger partial charge in [0.15, 0.2) is 31.1 Å². The first kappa shape index (κ1) is 88.2. The topological polar surface area (TPSA) is 61.2 Å². The molecule has 0 spiro atoms. The van der Waals surface area contributed by atoms with Crippen molar-refractivity contribution >= 4 is 59.5 Å². The largest absolute Gasteiger partial charge is 0.435 e. The first-order valence-corrected chi connectivity index (χ1v) is 46.6. The predicted octanol–water partition coefficient (Wildman–Crippen LogP) is 27.2. The average molecular weight is 1710 g/mol. The van der Waals surface area contributed by atoms with Gasteiger partial charge in [0.1, 0.15) is 28.7 Å². The first-order chi connectivity index (χ1) is 62.2. The Morgan fingerprint density at radius 3 is 1.01 bits per heavy atom. The number of hydrogen-bond donors (Lipinski definition) is 0. The maximum atomic E-state index is 6.54. The van der Waals surface area contributed by atoms with Gasteiger partial charge in [0.25, 0.3) is 33.7 Å². The van der Waals surface area contributed by atoms with Crippen LogP contribution in [0.2, 0.25) is 0 Å². The van der Waals surface area contributed by atoms with Gasteiger partial charge in [-0.25, -0.2) is 0 Å². The molecule has 0 saturated heterocycles. The lowest BCUT2D eigenvalue weighted by atomic mass is 9.48. The zero-order valence-electron chi connectivity index (χ0n) is 78.9. The Bertz CT molecular complexity index is 6470. The second-order valence-corrected chi connectivity index (χ2v) is 38.9. The van der Waals surface area contributed by atoms with E-state index in [1.807, 2.05) is 0 Å². The lowest BCUT2D eigenvalue weighted by molar-refractivity contribution is -0.476. The van der Waals surface area contributed by atoms with Crippen molar-refractivity contribution in [1.29, 1.82) is 0 Å². The number of benzene rings is 13. The quantitative estimate of drug-likeness (QED) is 0.0850. The van der Waals surface area contributed by atoms with Crippen molar-refractivity contribution in [3.63, 3.8) is 0 Å². The monoisotopic (exact) mass is 1710 g/mol. The van der Waals surface area contributed by atoms with Gasteiger partial charge in [-0.2, -0.15) is 22.9 Å². The van der Waals surface area contributed by atoms with Gasteiger partial charge >= 0.3 is 0 Å². The van der Waals surface area contributed by atoms with Crippen LogP contribution in [0.15, 0.2) is 273 Å². The molecule has 13 aromatic carbocycles. The van der Waals surface area contributed by atoms with Crippen LogP contribution in [-0.2, 0) is 21.7 Å². The second-order valence-electron chi connectivity index (χ2n) is 38.9. The van der Waals surface area contributed by atoms with Gasteiger partial charge in [-0.3, -0.25) is 0 Å². The highest BCUT2D eigenvalue weighted by molar-refractivity contribution is 5.88. The number of para-hydroxylation sites is 5. The molecule has 0 radical (unpaired) electrons. The number of aryl methyl sites for hydroxylation is 11. The van der Waals surface area contributed by atoms with Crippen molar-refractivity contribution in [2.45, 2.75) is 184 Å². The molecule has 9 aliphatic rings. The average Bonchev–Trinajstić information content (AvgIpc) is 0.717. The molecule has 4 saturated carbocycles. The third-order valence-corrected chi connectivity index (χ3v) is 28.8. The van der Waals surface area contributed by atoms with Crippen molar-refractivity contribution in [3.05, 3.63) is 401 Å². The van der Waals surface area contributed by atoms with Crippen molar-refractivity contribution in [1.82, 2.24) is 0 Å². The van der Waals surface area contributed by atoms with E-state index in [1.165, 1.54) is 190 Å². The van der Waals surface area contributed by atoms with Crippen LogP contribution in [0.3, 0.4) is 0 Å². The van der Waals surface area contributed by atoms with E-state index in [1.54, 1.807) is 0 Å². The summed E-state index contributed by atoms with van der Waals surface area (Å²) in [5.74, 6) is 8.09. The van der Waals surface area contributed by atoms with Crippen LogP contribution in [0, 0.1) is 93.9 Å². The minimum Gasteiger partial charge on any atom is -0.435 e. The highest BCUT2D eigenvalue weighted by Crippen LogP contribution is 2.63. The number of fused-ring (bicyclic) bond motifs is 5. The molecule has 0 atom stereocenters. The summed E-state index contributed by atoms with van der Waals surface area (Å²) in [5.41, 5.74) is 34.9. The molecular formula is C119H128N5O5+5. The van der Waals surface area contributed by atoms with Crippen molar-refractivity contribution in [2.24, 2.45) is 17.8 Å². The Kier molecular flexibility index (Phi) is 25.4. The number of nitrogens with zero attached hydrogens (tertiary/aromatic N) is 5. The van der Waals surface area contributed by atoms with Crippen LogP contribution in [-0.4, -0.2) is 87.6 Å². The molecular weight excluding hydrogens is 1580 g/mol. The van der Waals surface area contributed by atoms with E-state index in [2.05, 4.69) is 445 Å². The van der Waals surface area contributed by atoms with Crippen LogP contribution in [0.1, 0.15) is 214 Å². The maximum absolute atomic E-state index is 6.54. The van der Waals surface area contributed by atoms with Gasteiger partial charge in [0.05, 0.1) is 27.8 Å². The van der Waals surface area contributed by atoms with Crippen molar-refractivity contribution in [3.8, 4) is 28.7 Å². The molecule has 10 heteroatoms. The van der Waals surface area contributed by atoms with E-state index < -0.39 is 0 Å². The number of ether oxygens (including phenoxy) is 5. The third-order valence-electron chi connectivity index (χ3n) is 28.8. The molecule has 4 aliphatic carbocycles. The molecule has 0 unspecified atom stereocenters. The smallest absolute Gasteiger partial charge is 0.292 e. The SMILES string of the molecule is CCC(C)(C)c1cc(C)cc2c1OC[N+](c1ccccc1C)=C2.Cc1cc(C)c2c(c1)C=[N+](c1ccccc1C)CO2.Cc1cc2c(c(C(C)(c3ccccc3)c3ccccc3)c1)OC[N+](c1ccccc1C)=C2.Cc1ccccc1[N+]1=Cc2c(C)ccc(C(C)(C)c3ccccc3)c2OC1.Cc1ccccc1[N+]1=Cc2c(C)ccc(C34CC5CC(CC(C5)C3)C4)c2OC1. The lowest BCUT2D eigenvalue weighted by Gasteiger charge is -2.57. The van der Waals surface area contributed by atoms with Gasteiger partial charge in [-0.15, -0.1) is 0 Å². The summed E-state index contributed by atoms with van der Waals surface area (Å²) in [4.78, 5) is 0. The Morgan fingerprint density at radius 1 is 0.287 bits per heavy atom. The number of rotatable bonds is 13. The minimum atomic E-state index is -0.336. The molecule has 22 rings (SSSR count). The molecule has 4 fully saturated rings. The highest BCUT2D eigenvalue weighted by Gasteiger charge is 2.53. The zero-order valence-corrected chi connectivity index (χ0v) is 78.9. The Hall–Kier alpha value is -12.8. The first-order valence-electron chi connectivity index (χ1n) is 46.6. The van der Waals surface area contributed by atoms with E-state index in [9.17, 15) is 0 Å². The number of hydrogen-bond acceptors (Lipinski definition) is 5. The molecule has 0 aromatic heterocycles. The van der Waals surface area contributed by atoms with Crippen LogP contribution >= 0.6 is 0 Å². The summed E-state index contributed by atoms with van der Waals surface area (Å²) in [6.45, 7) is 40.1. The van der Waals surface area contributed by atoms with Gasteiger partial charge in [0, 0.05) is 91.2 Å². The van der Waals surface area contributed by atoms with E-state index in [4.69, 9.17) is 23.7 Å². The minimum absolute atomic E-state index is 0.120. The van der Waals surface area contributed by atoms with Gasteiger partial charge in [-0.05, 0) is 225 Å². The van der Waals surface area contributed by atoms with Crippen molar-refractivity contribution in [2.75, 3.05) is 33.7 Å². The molecule has 4 bridgehead atoms. The van der Waals surface area contributed by atoms with Crippen molar-refractivity contribution < 1.29 is 46.6 Å². The molecule has 5 heterocycles. The van der Waals surface area contributed by atoms with Crippen LogP contribution in [0.5, 0.6) is 28.7 Å². The molecule has 0 amide bonds. The van der Waals surface area contributed by atoms with E-state index in [-0.39, 0.29) is 16.2 Å². The molecule has 654 valence electrons. The van der Waals surface area contributed by atoms with E-state index in [0.29, 0.717) is 39.1 Å². The predicted molar refractivity (Wildman–Crippen MR) is 530 cm³/mol. The molecule has 5 aliphatic heterocycles. The maximum Gasteiger partial charge on any atom is 0.292 e. The molecule has 129 heavy (non-hydrogen) atoms.